The lowest BCUT2D eigenvalue weighted by Crippen LogP contribution is -2.41. The number of fused-ring (bicyclic) bond motifs is 1. The molecule has 6 nitrogen and oxygen atoms in total. The number of rotatable bonds is 10. The summed E-state index contributed by atoms with van der Waals surface area (Å²) in [5.74, 6) is 1.19. The highest BCUT2D eigenvalue weighted by molar-refractivity contribution is 7.22. The summed E-state index contributed by atoms with van der Waals surface area (Å²) in [6, 6.07) is 11.5. The molecule has 0 radical (unpaired) electrons. The molecule has 0 bridgehead atoms. The number of carbonyl (C=O) groups is 1. The SMILES string of the molecule is CCN(CC)CCN(C(=O)COc1cccc(OC)c1)c1nc2c(C)c(C)ccc2s1. The Balaban J connectivity index is 1.83. The maximum absolute atomic E-state index is 13.2. The molecular formula is C24H31N3O3S. The number of aromatic nitrogens is 1. The Labute approximate surface area is 188 Å². The molecule has 1 aromatic heterocycles. The Morgan fingerprint density at radius 3 is 2.52 bits per heavy atom. The highest BCUT2D eigenvalue weighted by Crippen LogP contribution is 2.32. The summed E-state index contributed by atoms with van der Waals surface area (Å²) < 4.78 is 12.1. The Bertz CT molecular complexity index is 1030. The van der Waals surface area contributed by atoms with Gasteiger partial charge in [0.15, 0.2) is 11.7 Å². The molecule has 0 aliphatic carbocycles. The first-order chi connectivity index (χ1) is 15.0. The first-order valence-corrected chi connectivity index (χ1v) is 11.4. The fourth-order valence-electron chi connectivity index (χ4n) is 3.35. The van der Waals surface area contributed by atoms with Crippen LogP contribution in [0.2, 0.25) is 0 Å². The van der Waals surface area contributed by atoms with Gasteiger partial charge in [0.25, 0.3) is 5.91 Å². The molecule has 2 aromatic carbocycles. The van der Waals surface area contributed by atoms with Crippen LogP contribution in [0.3, 0.4) is 0 Å². The molecular weight excluding hydrogens is 410 g/mol. The van der Waals surface area contributed by atoms with Crippen LogP contribution < -0.4 is 14.4 Å². The summed E-state index contributed by atoms with van der Waals surface area (Å²) in [6.45, 7) is 11.6. The fourth-order valence-corrected chi connectivity index (χ4v) is 4.42. The first-order valence-electron chi connectivity index (χ1n) is 10.6. The quantitative estimate of drug-likeness (QED) is 0.457. The predicted molar refractivity (Wildman–Crippen MR) is 128 cm³/mol. The average molecular weight is 442 g/mol. The molecule has 3 aromatic rings. The zero-order valence-electron chi connectivity index (χ0n) is 19.0. The third kappa shape index (κ3) is 5.54. The van der Waals surface area contributed by atoms with Crippen LogP contribution in [0.5, 0.6) is 11.5 Å². The number of methoxy groups -OCH3 is 1. The van der Waals surface area contributed by atoms with Gasteiger partial charge in [-0.2, -0.15) is 0 Å². The molecule has 166 valence electrons. The first kappa shape index (κ1) is 23.0. The molecule has 0 saturated carbocycles. The zero-order valence-corrected chi connectivity index (χ0v) is 19.8. The van der Waals surface area contributed by atoms with Gasteiger partial charge >= 0.3 is 0 Å². The van der Waals surface area contributed by atoms with Crippen LogP contribution in [0, 0.1) is 13.8 Å². The Morgan fingerprint density at radius 1 is 1.06 bits per heavy atom. The second-order valence-electron chi connectivity index (χ2n) is 7.39. The van der Waals surface area contributed by atoms with Gasteiger partial charge in [0.05, 0.1) is 17.3 Å². The van der Waals surface area contributed by atoms with Crippen molar-refractivity contribution in [3.63, 3.8) is 0 Å². The van der Waals surface area contributed by atoms with E-state index in [1.165, 1.54) is 5.56 Å². The molecule has 7 heteroatoms. The molecule has 0 atom stereocenters. The van der Waals surface area contributed by atoms with E-state index in [2.05, 4.69) is 44.7 Å². The predicted octanol–water partition coefficient (Wildman–Crippen LogP) is 4.68. The van der Waals surface area contributed by atoms with E-state index in [1.54, 1.807) is 29.4 Å². The van der Waals surface area contributed by atoms with Crippen molar-refractivity contribution in [2.75, 3.05) is 44.8 Å². The number of carbonyl (C=O) groups excluding carboxylic acids is 1. The van der Waals surface area contributed by atoms with Crippen molar-refractivity contribution < 1.29 is 14.3 Å². The molecule has 0 saturated heterocycles. The number of amides is 1. The topological polar surface area (TPSA) is 54.9 Å². The summed E-state index contributed by atoms with van der Waals surface area (Å²) in [5.41, 5.74) is 3.32. The van der Waals surface area contributed by atoms with E-state index >= 15 is 0 Å². The number of thiazole rings is 1. The van der Waals surface area contributed by atoms with E-state index in [9.17, 15) is 4.79 Å². The number of hydrogen-bond acceptors (Lipinski definition) is 6. The number of benzene rings is 2. The van der Waals surface area contributed by atoms with Gasteiger partial charge in [-0.1, -0.05) is 37.3 Å². The monoisotopic (exact) mass is 441 g/mol. The summed E-state index contributed by atoms with van der Waals surface area (Å²) in [5, 5.41) is 0.718. The van der Waals surface area contributed by atoms with E-state index in [0.29, 0.717) is 18.0 Å². The third-order valence-electron chi connectivity index (χ3n) is 5.54. The van der Waals surface area contributed by atoms with Crippen molar-refractivity contribution in [2.24, 2.45) is 0 Å². The van der Waals surface area contributed by atoms with Gasteiger partial charge in [-0.25, -0.2) is 4.98 Å². The number of anilines is 1. The lowest BCUT2D eigenvalue weighted by molar-refractivity contribution is -0.120. The molecule has 0 N–H and O–H groups in total. The van der Waals surface area contributed by atoms with Crippen molar-refractivity contribution in [3.05, 3.63) is 47.5 Å². The van der Waals surface area contributed by atoms with Gasteiger partial charge in [0.2, 0.25) is 0 Å². The summed E-state index contributed by atoms with van der Waals surface area (Å²) >= 11 is 1.55. The number of hydrogen-bond donors (Lipinski definition) is 0. The molecule has 0 unspecified atom stereocenters. The standard InChI is InChI=1S/C24H31N3O3S/c1-6-26(7-2)13-14-27(22(28)16-30-20-10-8-9-19(15-20)29-5)24-25-23-18(4)17(3)11-12-21(23)31-24/h8-12,15H,6-7,13-14,16H2,1-5H3. The van der Waals surface area contributed by atoms with Crippen molar-refractivity contribution in [1.82, 2.24) is 9.88 Å². The Hall–Kier alpha value is -2.64. The molecule has 1 amide bonds. The smallest absolute Gasteiger partial charge is 0.266 e. The van der Waals surface area contributed by atoms with Crippen molar-refractivity contribution in [2.45, 2.75) is 27.7 Å². The second kappa shape index (κ2) is 10.6. The molecule has 1 heterocycles. The lowest BCUT2D eigenvalue weighted by Gasteiger charge is -2.24. The summed E-state index contributed by atoms with van der Waals surface area (Å²) in [7, 11) is 1.61. The van der Waals surface area contributed by atoms with Crippen molar-refractivity contribution in [3.8, 4) is 11.5 Å². The molecule has 3 rings (SSSR count). The fraction of sp³-hybridized carbons (Fsp3) is 0.417. The van der Waals surface area contributed by atoms with Crippen LogP contribution in [-0.2, 0) is 4.79 Å². The Morgan fingerprint density at radius 2 is 1.81 bits per heavy atom. The molecule has 0 aliphatic heterocycles. The summed E-state index contributed by atoms with van der Waals surface area (Å²) in [6.07, 6.45) is 0. The van der Waals surface area contributed by atoms with Crippen LogP contribution in [-0.4, -0.2) is 55.7 Å². The molecule has 0 fully saturated rings. The minimum atomic E-state index is -0.108. The number of ether oxygens (including phenoxy) is 2. The highest BCUT2D eigenvalue weighted by Gasteiger charge is 2.22. The maximum Gasteiger partial charge on any atom is 0.266 e. The highest BCUT2D eigenvalue weighted by atomic mass is 32.1. The van der Waals surface area contributed by atoms with Crippen LogP contribution in [0.1, 0.15) is 25.0 Å². The van der Waals surface area contributed by atoms with E-state index < -0.39 is 0 Å². The largest absolute Gasteiger partial charge is 0.497 e. The number of nitrogens with zero attached hydrogens (tertiary/aromatic N) is 3. The minimum Gasteiger partial charge on any atom is -0.497 e. The third-order valence-corrected chi connectivity index (χ3v) is 6.59. The average Bonchev–Trinajstić information content (AvgIpc) is 3.22. The van der Waals surface area contributed by atoms with E-state index in [4.69, 9.17) is 14.5 Å². The lowest BCUT2D eigenvalue weighted by atomic mass is 10.1. The van der Waals surface area contributed by atoms with Crippen LogP contribution in [0.4, 0.5) is 5.13 Å². The van der Waals surface area contributed by atoms with E-state index in [-0.39, 0.29) is 12.5 Å². The second-order valence-corrected chi connectivity index (χ2v) is 8.40. The summed E-state index contributed by atoms with van der Waals surface area (Å²) in [4.78, 5) is 22.1. The molecule has 0 aliphatic rings. The van der Waals surface area contributed by atoms with Crippen molar-refractivity contribution in [1.29, 1.82) is 0 Å². The van der Waals surface area contributed by atoms with Crippen LogP contribution in [0.25, 0.3) is 10.2 Å². The zero-order chi connectivity index (χ0) is 22.4. The van der Waals surface area contributed by atoms with Gasteiger partial charge in [-0.05, 0) is 56.3 Å². The number of aryl methyl sites for hydroxylation is 2. The van der Waals surface area contributed by atoms with Crippen molar-refractivity contribution >= 4 is 32.6 Å². The van der Waals surface area contributed by atoms with Crippen LogP contribution >= 0.6 is 11.3 Å². The van der Waals surface area contributed by atoms with Crippen LogP contribution in [0.15, 0.2) is 36.4 Å². The normalized spacial score (nSPS) is 11.2. The van der Waals surface area contributed by atoms with E-state index in [0.717, 1.165) is 40.5 Å². The van der Waals surface area contributed by atoms with Gasteiger partial charge < -0.3 is 14.4 Å². The van der Waals surface area contributed by atoms with E-state index in [1.807, 2.05) is 18.2 Å². The van der Waals surface area contributed by atoms with Gasteiger partial charge in [-0.15, -0.1) is 0 Å². The van der Waals surface area contributed by atoms with Gasteiger partial charge in [0.1, 0.15) is 11.5 Å². The Kier molecular flexibility index (Phi) is 7.87. The number of likely N-dealkylation sites (N-methyl/N-ethyl adjacent to an activating group) is 1. The molecule has 0 spiro atoms. The molecule has 31 heavy (non-hydrogen) atoms. The van der Waals surface area contributed by atoms with Gasteiger partial charge in [-0.3, -0.25) is 9.69 Å². The maximum atomic E-state index is 13.2. The minimum absolute atomic E-state index is 0.0562. The van der Waals surface area contributed by atoms with Gasteiger partial charge in [0, 0.05) is 19.2 Å².